The molecule has 0 saturated carbocycles. The molecular formula is C17H20N6O2S. The van der Waals surface area contributed by atoms with Crippen molar-refractivity contribution in [1.82, 2.24) is 19.3 Å². The second-order valence-corrected chi connectivity index (χ2v) is 6.79. The van der Waals surface area contributed by atoms with E-state index < -0.39 is 11.0 Å². The normalized spacial score (nSPS) is 12.3. The molecule has 1 amide bonds. The van der Waals surface area contributed by atoms with Gasteiger partial charge in [0.05, 0.1) is 21.6 Å². The number of aryl methyl sites for hydroxylation is 2. The highest BCUT2D eigenvalue weighted by atomic mass is 32.2. The van der Waals surface area contributed by atoms with E-state index in [4.69, 9.17) is 5.14 Å². The van der Waals surface area contributed by atoms with Crippen LogP contribution in [-0.4, -0.2) is 29.4 Å². The summed E-state index contributed by atoms with van der Waals surface area (Å²) in [6.07, 6.45) is 1.71. The maximum Gasteiger partial charge on any atom is 0.276 e. The minimum absolute atomic E-state index is 0.296. The lowest BCUT2D eigenvalue weighted by Gasteiger charge is -2.08. The second-order valence-electron chi connectivity index (χ2n) is 5.72. The topological polar surface area (TPSA) is 108 Å². The largest absolute Gasteiger partial charge is 0.306 e. The number of nitrogens with zero attached hydrogens (tertiary/aromatic N) is 4. The van der Waals surface area contributed by atoms with E-state index in [0.29, 0.717) is 35.1 Å². The zero-order valence-corrected chi connectivity index (χ0v) is 15.4. The number of nitrogens with two attached hydrogens (primary N) is 1. The number of imidazole rings is 1. The van der Waals surface area contributed by atoms with Crippen molar-refractivity contribution in [2.75, 3.05) is 5.32 Å². The van der Waals surface area contributed by atoms with Gasteiger partial charge >= 0.3 is 0 Å². The van der Waals surface area contributed by atoms with Crippen LogP contribution in [0.15, 0.2) is 41.8 Å². The van der Waals surface area contributed by atoms with E-state index in [9.17, 15) is 9.00 Å². The maximum absolute atomic E-state index is 12.7. The number of fused-ring (bicyclic) bond motifs is 1. The molecule has 0 radical (unpaired) electrons. The highest BCUT2D eigenvalue weighted by molar-refractivity contribution is 7.82. The Hall–Kier alpha value is -2.78. The first-order chi connectivity index (χ1) is 12.4. The standard InChI is InChI=1S/C17H20N6O2S/c1-4-8-22-14-7-6-12(26(18)25)10-13(14)19-17(22)20-16(24)15-9-11(3)21-23(15)5-2/h4,6-7,9-10H,1,5,8,18H2,2-3H3,(H,19,20,24). The molecule has 3 aromatic rings. The third kappa shape index (κ3) is 3.31. The number of benzene rings is 1. The van der Waals surface area contributed by atoms with Crippen LogP contribution < -0.4 is 10.5 Å². The summed E-state index contributed by atoms with van der Waals surface area (Å²) >= 11 is 0. The number of hydrogen-bond donors (Lipinski definition) is 2. The molecule has 136 valence electrons. The van der Waals surface area contributed by atoms with Gasteiger partial charge in [-0.25, -0.2) is 14.3 Å². The fraction of sp³-hybridized carbons (Fsp3) is 0.235. The molecule has 8 nitrogen and oxygen atoms in total. The van der Waals surface area contributed by atoms with E-state index in [-0.39, 0.29) is 5.91 Å². The number of hydrogen-bond acceptors (Lipinski definition) is 4. The molecule has 1 unspecified atom stereocenters. The van der Waals surface area contributed by atoms with Gasteiger partial charge in [0, 0.05) is 13.1 Å². The van der Waals surface area contributed by atoms with Gasteiger partial charge in [-0.3, -0.25) is 14.8 Å². The van der Waals surface area contributed by atoms with Gasteiger partial charge in [-0.05, 0) is 38.1 Å². The lowest BCUT2D eigenvalue weighted by Crippen LogP contribution is -2.19. The van der Waals surface area contributed by atoms with Gasteiger partial charge < -0.3 is 4.57 Å². The van der Waals surface area contributed by atoms with Crippen molar-refractivity contribution in [1.29, 1.82) is 0 Å². The number of amides is 1. The predicted octanol–water partition coefficient (Wildman–Crippen LogP) is 1.98. The summed E-state index contributed by atoms with van der Waals surface area (Å²) in [5, 5.41) is 12.6. The lowest BCUT2D eigenvalue weighted by atomic mass is 10.3. The Morgan fingerprint density at radius 2 is 2.19 bits per heavy atom. The van der Waals surface area contributed by atoms with Crippen molar-refractivity contribution in [3.8, 4) is 0 Å². The number of allylic oxidation sites excluding steroid dienone is 1. The third-order valence-corrected chi connectivity index (χ3v) is 4.64. The smallest absolute Gasteiger partial charge is 0.276 e. The number of anilines is 1. The van der Waals surface area contributed by atoms with E-state index in [2.05, 4.69) is 22.0 Å². The molecule has 0 spiro atoms. The number of carbonyl (C=O) groups excluding carboxylic acids is 1. The molecule has 0 aliphatic heterocycles. The minimum atomic E-state index is -1.60. The van der Waals surface area contributed by atoms with Gasteiger partial charge in [0.15, 0.2) is 0 Å². The highest BCUT2D eigenvalue weighted by Crippen LogP contribution is 2.22. The number of rotatable bonds is 6. The molecule has 1 atom stereocenters. The first-order valence-corrected chi connectivity index (χ1v) is 9.29. The molecule has 0 fully saturated rings. The molecule has 2 aromatic heterocycles. The van der Waals surface area contributed by atoms with Crippen molar-refractivity contribution in [3.05, 3.63) is 48.3 Å². The number of aromatic nitrogens is 4. The average molecular weight is 372 g/mol. The van der Waals surface area contributed by atoms with Crippen molar-refractivity contribution in [2.45, 2.75) is 31.8 Å². The summed E-state index contributed by atoms with van der Waals surface area (Å²) in [6.45, 7) is 8.56. The first kappa shape index (κ1) is 18.0. The fourth-order valence-electron chi connectivity index (χ4n) is 2.78. The number of carbonyl (C=O) groups is 1. The Bertz CT molecular complexity index is 1020. The summed E-state index contributed by atoms with van der Waals surface area (Å²) in [7, 11) is -1.60. The van der Waals surface area contributed by atoms with Crippen molar-refractivity contribution >= 4 is 33.9 Å². The van der Waals surface area contributed by atoms with Crippen LogP contribution >= 0.6 is 0 Å². The van der Waals surface area contributed by atoms with Gasteiger partial charge in [-0.1, -0.05) is 6.08 Å². The van der Waals surface area contributed by atoms with Gasteiger partial charge in [0.1, 0.15) is 16.7 Å². The summed E-state index contributed by atoms with van der Waals surface area (Å²) in [6, 6.07) is 6.85. The summed E-state index contributed by atoms with van der Waals surface area (Å²) < 4.78 is 15.0. The zero-order valence-electron chi connectivity index (χ0n) is 14.6. The Labute approximate surface area is 153 Å². The second kappa shape index (κ2) is 7.22. The van der Waals surface area contributed by atoms with Crippen LogP contribution in [-0.2, 0) is 24.1 Å². The molecule has 0 aliphatic rings. The molecule has 2 heterocycles. The molecule has 3 rings (SSSR count). The molecule has 3 N–H and O–H groups in total. The average Bonchev–Trinajstić information content (AvgIpc) is 3.15. The monoisotopic (exact) mass is 372 g/mol. The van der Waals surface area contributed by atoms with Crippen molar-refractivity contribution < 1.29 is 9.00 Å². The maximum atomic E-state index is 12.7. The summed E-state index contributed by atoms with van der Waals surface area (Å²) in [5.41, 5.74) is 2.62. The molecule has 9 heteroatoms. The molecule has 0 bridgehead atoms. The van der Waals surface area contributed by atoms with Crippen LogP contribution in [0, 0.1) is 6.92 Å². The SMILES string of the molecule is C=CCn1c(NC(=O)c2cc(C)nn2CC)nc2cc(S(N)=O)ccc21. The van der Waals surface area contributed by atoms with Crippen LogP contribution in [0.3, 0.4) is 0 Å². The first-order valence-electron chi connectivity index (χ1n) is 8.07. The Morgan fingerprint density at radius 1 is 1.42 bits per heavy atom. The van der Waals surface area contributed by atoms with Crippen LogP contribution in [0.5, 0.6) is 0 Å². The Balaban J connectivity index is 2.02. The summed E-state index contributed by atoms with van der Waals surface area (Å²) in [5.74, 6) is 0.0852. The third-order valence-electron chi connectivity index (χ3n) is 3.92. The minimum Gasteiger partial charge on any atom is -0.306 e. The van der Waals surface area contributed by atoms with E-state index >= 15 is 0 Å². The Kier molecular flexibility index (Phi) is 5.01. The van der Waals surface area contributed by atoms with E-state index in [0.717, 1.165) is 11.2 Å². The van der Waals surface area contributed by atoms with Gasteiger partial charge in [0.2, 0.25) is 5.95 Å². The van der Waals surface area contributed by atoms with E-state index in [1.165, 1.54) is 0 Å². The van der Waals surface area contributed by atoms with Crippen LogP contribution in [0.25, 0.3) is 11.0 Å². The molecule has 0 aliphatic carbocycles. The molecule has 1 aromatic carbocycles. The molecular weight excluding hydrogens is 352 g/mol. The molecule has 0 saturated heterocycles. The van der Waals surface area contributed by atoms with Crippen LogP contribution in [0.4, 0.5) is 5.95 Å². The quantitative estimate of drug-likeness (QED) is 0.645. The Morgan fingerprint density at radius 3 is 2.85 bits per heavy atom. The van der Waals surface area contributed by atoms with Crippen molar-refractivity contribution in [3.63, 3.8) is 0 Å². The molecule has 26 heavy (non-hydrogen) atoms. The van der Waals surface area contributed by atoms with E-state index in [1.807, 2.05) is 18.4 Å². The lowest BCUT2D eigenvalue weighted by molar-refractivity contribution is 0.101. The summed E-state index contributed by atoms with van der Waals surface area (Å²) in [4.78, 5) is 17.6. The van der Waals surface area contributed by atoms with Gasteiger partial charge in [-0.15, -0.1) is 6.58 Å². The van der Waals surface area contributed by atoms with Crippen molar-refractivity contribution in [2.24, 2.45) is 5.14 Å². The number of nitrogens with one attached hydrogen (secondary N) is 1. The highest BCUT2D eigenvalue weighted by Gasteiger charge is 2.18. The van der Waals surface area contributed by atoms with Crippen LogP contribution in [0.1, 0.15) is 23.1 Å². The van der Waals surface area contributed by atoms with Gasteiger partial charge in [0.25, 0.3) is 5.91 Å². The fourth-order valence-corrected chi connectivity index (χ4v) is 3.21. The predicted molar refractivity (Wildman–Crippen MR) is 101 cm³/mol. The van der Waals surface area contributed by atoms with Crippen LogP contribution in [0.2, 0.25) is 0 Å². The van der Waals surface area contributed by atoms with Gasteiger partial charge in [-0.2, -0.15) is 5.10 Å². The van der Waals surface area contributed by atoms with E-state index in [1.54, 1.807) is 35.0 Å². The zero-order chi connectivity index (χ0) is 18.8.